The lowest BCUT2D eigenvalue weighted by atomic mass is 9.87. The van der Waals surface area contributed by atoms with E-state index < -0.39 is 0 Å². The first-order valence-electron chi connectivity index (χ1n) is 7.71. The van der Waals surface area contributed by atoms with Gasteiger partial charge >= 0.3 is 0 Å². The average molecular weight is 240 g/mol. The third kappa shape index (κ3) is 2.53. The van der Waals surface area contributed by atoms with Crippen molar-refractivity contribution in [2.24, 2.45) is 0 Å². The molecule has 0 aliphatic heterocycles. The Bertz CT molecular complexity index is 429. The van der Waals surface area contributed by atoms with Gasteiger partial charge in [0.05, 0.1) is 0 Å². The van der Waals surface area contributed by atoms with Crippen molar-refractivity contribution in [2.45, 2.75) is 64.2 Å². The monoisotopic (exact) mass is 240 g/mol. The van der Waals surface area contributed by atoms with E-state index in [1.54, 1.807) is 22.3 Å². The molecule has 0 aromatic carbocycles. The Kier molecular flexibility index (Phi) is 3.83. The van der Waals surface area contributed by atoms with E-state index in [1.807, 2.05) is 0 Å². The lowest BCUT2D eigenvalue weighted by Gasteiger charge is -2.18. The van der Waals surface area contributed by atoms with Crippen LogP contribution in [0.4, 0.5) is 0 Å². The highest BCUT2D eigenvalue weighted by molar-refractivity contribution is 5.47. The fourth-order valence-corrected chi connectivity index (χ4v) is 3.58. The van der Waals surface area contributed by atoms with Gasteiger partial charge in [-0.15, -0.1) is 0 Å². The van der Waals surface area contributed by atoms with Gasteiger partial charge in [-0.2, -0.15) is 0 Å². The summed E-state index contributed by atoms with van der Waals surface area (Å²) >= 11 is 0. The molecular formula is C18H24. The first kappa shape index (κ1) is 12.0. The highest BCUT2D eigenvalue weighted by Gasteiger charge is 2.19. The third-order valence-corrected chi connectivity index (χ3v) is 4.54. The minimum absolute atomic E-state index is 1.14. The van der Waals surface area contributed by atoms with Gasteiger partial charge in [0.25, 0.3) is 0 Å². The van der Waals surface area contributed by atoms with Crippen LogP contribution >= 0.6 is 0 Å². The van der Waals surface area contributed by atoms with E-state index in [-0.39, 0.29) is 0 Å². The smallest absolute Gasteiger partial charge is 0.00976 e. The zero-order chi connectivity index (χ0) is 12.2. The van der Waals surface area contributed by atoms with Gasteiger partial charge in [-0.1, -0.05) is 30.7 Å². The molecule has 0 amide bonds. The van der Waals surface area contributed by atoms with E-state index in [2.05, 4.69) is 24.3 Å². The van der Waals surface area contributed by atoms with Crippen molar-refractivity contribution in [3.63, 3.8) is 0 Å². The normalized spacial score (nSPS) is 24.9. The summed E-state index contributed by atoms with van der Waals surface area (Å²) in [5, 5.41) is 0. The predicted molar refractivity (Wildman–Crippen MR) is 78.5 cm³/mol. The summed E-state index contributed by atoms with van der Waals surface area (Å²) in [6, 6.07) is 0. The van der Waals surface area contributed by atoms with E-state index in [1.165, 1.54) is 57.8 Å². The molecule has 0 unspecified atom stereocenters. The number of hydrogen-bond donors (Lipinski definition) is 0. The second kappa shape index (κ2) is 5.73. The molecule has 3 aliphatic carbocycles. The van der Waals surface area contributed by atoms with Gasteiger partial charge in [0.15, 0.2) is 0 Å². The molecule has 0 aromatic rings. The van der Waals surface area contributed by atoms with Gasteiger partial charge in [-0.05, 0) is 80.1 Å². The molecule has 3 rings (SSSR count). The lowest BCUT2D eigenvalue weighted by Crippen LogP contribution is -1.99. The maximum atomic E-state index is 2.51. The zero-order valence-electron chi connectivity index (χ0n) is 11.4. The topological polar surface area (TPSA) is 0 Å². The molecule has 0 spiro atoms. The van der Waals surface area contributed by atoms with Crippen LogP contribution in [-0.2, 0) is 0 Å². The first-order valence-corrected chi connectivity index (χ1v) is 7.71. The van der Waals surface area contributed by atoms with Crippen LogP contribution in [0, 0.1) is 0 Å². The molecule has 0 nitrogen and oxygen atoms in total. The van der Waals surface area contributed by atoms with Crippen LogP contribution in [0.15, 0.2) is 46.6 Å². The number of rotatable bonds is 2. The Balaban J connectivity index is 1.94. The van der Waals surface area contributed by atoms with Gasteiger partial charge in [0.2, 0.25) is 0 Å². The fraction of sp³-hybridized carbons (Fsp3) is 0.556. The van der Waals surface area contributed by atoms with Gasteiger partial charge < -0.3 is 0 Å². The minimum atomic E-state index is 1.14. The van der Waals surface area contributed by atoms with Crippen LogP contribution in [-0.4, -0.2) is 0 Å². The molecule has 0 N–H and O–H groups in total. The maximum Gasteiger partial charge on any atom is -0.00976 e. The number of hydrogen-bond acceptors (Lipinski definition) is 0. The second-order valence-electron chi connectivity index (χ2n) is 5.78. The van der Waals surface area contributed by atoms with Crippen molar-refractivity contribution >= 4 is 0 Å². The van der Waals surface area contributed by atoms with E-state index in [0.717, 1.165) is 6.42 Å². The van der Waals surface area contributed by atoms with Crippen LogP contribution in [0.5, 0.6) is 0 Å². The van der Waals surface area contributed by atoms with E-state index in [9.17, 15) is 0 Å². The average Bonchev–Trinajstić information content (AvgIpc) is 2.84. The van der Waals surface area contributed by atoms with Gasteiger partial charge in [-0.3, -0.25) is 0 Å². The van der Waals surface area contributed by atoms with Crippen molar-refractivity contribution in [3.05, 3.63) is 46.6 Å². The molecule has 0 fully saturated rings. The molecular weight excluding hydrogens is 216 g/mol. The largest absolute Gasteiger partial charge is 0.0844 e. The van der Waals surface area contributed by atoms with Crippen LogP contribution < -0.4 is 0 Å². The molecule has 0 radical (unpaired) electrons. The Morgan fingerprint density at radius 1 is 0.667 bits per heavy atom. The van der Waals surface area contributed by atoms with Gasteiger partial charge in [-0.25, -0.2) is 0 Å². The Morgan fingerprint density at radius 2 is 1.50 bits per heavy atom. The van der Waals surface area contributed by atoms with Crippen molar-refractivity contribution in [1.29, 1.82) is 0 Å². The molecule has 0 heterocycles. The summed E-state index contributed by atoms with van der Waals surface area (Å²) in [5.41, 5.74) is 6.81. The lowest BCUT2D eigenvalue weighted by molar-refractivity contribution is 0.706. The Morgan fingerprint density at radius 3 is 2.17 bits per heavy atom. The standard InChI is InChI=1S/C18H24/c1-3-9-15(10-4-1)17-13-5-2-6-14-18(17)16-11-7-8-12-16/h1,3,10-11H,2,4-9,12-14H2. The number of allylic oxidation sites excluding steroid dienone is 8. The molecule has 0 bridgehead atoms. The van der Waals surface area contributed by atoms with Crippen LogP contribution in [0.1, 0.15) is 64.2 Å². The van der Waals surface area contributed by atoms with Crippen molar-refractivity contribution in [2.75, 3.05) is 0 Å². The Labute approximate surface area is 111 Å². The molecule has 0 heteroatoms. The quantitative estimate of drug-likeness (QED) is 0.548. The van der Waals surface area contributed by atoms with Gasteiger partial charge in [0, 0.05) is 0 Å². The SMILES string of the molecule is C1=CCC(C2=C(C3=CCCC3)CCCCC2)=CC1. The maximum absolute atomic E-state index is 2.51. The molecule has 3 aliphatic rings. The summed E-state index contributed by atoms with van der Waals surface area (Å²) in [6.45, 7) is 0. The molecule has 0 atom stereocenters. The summed E-state index contributed by atoms with van der Waals surface area (Å²) in [4.78, 5) is 0. The van der Waals surface area contributed by atoms with Crippen molar-refractivity contribution < 1.29 is 0 Å². The second-order valence-corrected chi connectivity index (χ2v) is 5.78. The van der Waals surface area contributed by atoms with E-state index in [0.29, 0.717) is 0 Å². The molecule has 18 heavy (non-hydrogen) atoms. The summed E-state index contributed by atoms with van der Waals surface area (Å²) in [7, 11) is 0. The summed E-state index contributed by atoms with van der Waals surface area (Å²) in [6.07, 6.45) is 22.9. The van der Waals surface area contributed by atoms with Gasteiger partial charge in [0.1, 0.15) is 0 Å². The predicted octanol–water partition coefficient (Wildman–Crippen LogP) is 5.63. The van der Waals surface area contributed by atoms with Crippen LogP contribution in [0.3, 0.4) is 0 Å². The molecule has 0 aromatic heterocycles. The highest BCUT2D eigenvalue weighted by atomic mass is 14.2. The first-order chi connectivity index (χ1) is 8.95. The van der Waals surface area contributed by atoms with Crippen molar-refractivity contribution in [3.8, 4) is 0 Å². The highest BCUT2D eigenvalue weighted by Crippen LogP contribution is 2.38. The molecule has 0 saturated heterocycles. The summed E-state index contributed by atoms with van der Waals surface area (Å²) < 4.78 is 0. The van der Waals surface area contributed by atoms with Crippen LogP contribution in [0.2, 0.25) is 0 Å². The fourth-order valence-electron chi connectivity index (χ4n) is 3.58. The van der Waals surface area contributed by atoms with E-state index >= 15 is 0 Å². The Hall–Kier alpha value is -1.04. The molecule has 0 saturated carbocycles. The minimum Gasteiger partial charge on any atom is -0.0844 e. The van der Waals surface area contributed by atoms with E-state index in [4.69, 9.17) is 0 Å². The van der Waals surface area contributed by atoms with Crippen LogP contribution in [0.25, 0.3) is 0 Å². The zero-order valence-corrected chi connectivity index (χ0v) is 11.4. The van der Waals surface area contributed by atoms with Crippen molar-refractivity contribution in [1.82, 2.24) is 0 Å². The molecule has 96 valence electrons. The summed E-state index contributed by atoms with van der Waals surface area (Å²) in [5.74, 6) is 0. The third-order valence-electron chi connectivity index (χ3n) is 4.54.